The first-order chi connectivity index (χ1) is 14.7. The zero-order chi connectivity index (χ0) is 22.0. The molecule has 0 bridgehead atoms. The van der Waals surface area contributed by atoms with Gasteiger partial charge in [0, 0.05) is 43.5 Å². The predicted octanol–water partition coefficient (Wildman–Crippen LogP) is 3.53. The highest BCUT2D eigenvalue weighted by atomic mass is 19.4. The Hall–Kier alpha value is -3.17. The first-order valence-electron chi connectivity index (χ1n) is 10.1. The summed E-state index contributed by atoms with van der Waals surface area (Å²) in [5, 5.41) is 10.9. The Kier molecular flexibility index (Phi) is 4.25. The van der Waals surface area contributed by atoms with E-state index in [4.69, 9.17) is 0 Å². The van der Waals surface area contributed by atoms with E-state index < -0.39 is 23.3 Å². The lowest BCUT2D eigenvalue weighted by atomic mass is 10.1. The number of hydrogen-bond acceptors (Lipinski definition) is 4. The van der Waals surface area contributed by atoms with Gasteiger partial charge in [0.2, 0.25) is 0 Å². The molecule has 5 rings (SSSR count). The van der Waals surface area contributed by atoms with E-state index in [2.05, 4.69) is 26.6 Å². The molecule has 1 amide bonds. The molecule has 2 saturated carbocycles. The van der Waals surface area contributed by atoms with Crippen LogP contribution >= 0.6 is 0 Å². The number of nitrogens with zero attached hydrogens (tertiary/aromatic N) is 5. The van der Waals surface area contributed by atoms with E-state index in [9.17, 15) is 18.0 Å². The number of aryl methyl sites for hydroxylation is 2. The lowest BCUT2D eigenvalue weighted by Crippen LogP contribution is -2.37. The summed E-state index contributed by atoms with van der Waals surface area (Å²) in [5.74, 6) is -0.0663. The fraction of sp³-hybridized carbons (Fsp3) is 0.429. The summed E-state index contributed by atoms with van der Waals surface area (Å²) in [5.41, 5.74) is 1.76. The SMILES string of the molecule is Cn1nc(C(F)(F)F)cc1C(=O)NC1(c2cc(-c3ccnc(C4CC4)c3)nn2C)CC1. The van der Waals surface area contributed by atoms with Gasteiger partial charge in [-0.15, -0.1) is 0 Å². The van der Waals surface area contributed by atoms with Gasteiger partial charge in [0.25, 0.3) is 5.91 Å². The van der Waals surface area contributed by atoms with E-state index in [0.717, 1.165) is 46.2 Å². The molecular formula is C21H21F3N6O. The molecule has 3 heterocycles. The van der Waals surface area contributed by atoms with Crippen LogP contribution in [0.25, 0.3) is 11.3 Å². The van der Waals surface area contributed by atoms with Gasteiger partial charge in [-0.25, -0.2) is 0 Å². The molecule has 31 heavy (non-hydrogen) atoms. The fourth-order valence-electron chi connectivity index (χ4n) is 3.94. The van der Waals surface area contributed by atoms with Crippen molar-refractivity contribution < 1.29 is 18.0 Å². The van der Waals surface area contributed by atoms with Gasteiger partial charge in [0.05, 0.1) is 16.9 Å². The minimum absolute atomic E-state index is 0.135. The van der Waals surface area contributed by atoms with Crippen LogP contribution in [0.5, 0.6) is 0 Å². The summed E-state index contributed by atoms with van der Waals surface area (Å²) in [6.07, 6.45) is 0.865. The molecule has 0 aliphatic heterocycles. The molecule has 0 aromatic carbocycles. The molecule has 162 valence electrons. The third-order valence-corrected chi connectivity index (χ3v) is 5.95. The van der Waals surface area contributed by atoms with Gasteiger partial charge in [0.1, 0.15) is 5.69 Å². The molecule has 0 saturated heterocycles. The van der Waals surface area contributed by atoms with Crippen molar-refractivity contribution in [1.29, 1.82) is 0 Å². The zero-order valence-electron chi connectivity index (χ0n) is 17.1. The smallest absolute Gasteiger partial charge is 0.340 e. The Bertz CT molecular complexity index is 1170. The van der Waals surface area contributed by atoms with Crippen molar-refractivity contribution in [3.63, 3.8) is 0 Å². The summed E-state index contributed by atoms with van der Waals surface area (Å²) < 4.78 is 41.5. The zero-order valence-corrected chi connectivity index (χ0v) is 17.1. The second-order valence-corrected chi connectivity index (χ2v) is 8.35. The molecule has 0 atom stereocenters. The van der Waals surface area contributed by atoms with Crippen molar-refractivity contribution in [2.24, 2.45) is 14.1 Å². The quantitative estimate of drug-likeness (QED) is 0.672. The third-order valence-electron chi connectivity index (χ3n) is 5.95. The van der Waals surface area contributed by atoms with Crippen molar-refractivity contribution >= 4 is 5.91 Å². The molecule has 3 aromatic heterocycles. The minimum Gasteiger partial charge on any atom is -0.340 e. The Morgan fingerprint density at radius 1 is 1.13 bits per heavy atom. The number of amides is 1. The number of rotatable bonds is 5. The summed E-state index contributed by atoms with van der Waals surface area (Å²) in [6.45, 7) is 0. The van der Waals surface area contributed by atoms with Gasteiger partial charge < -0.3 is 5.32 Å². The summed E-state index contributed by atoms with van der Waals surface area (Å²) >= 11 is 0. The molecule has 2 aliphatic carbocycles. The van der Waals surface area contributed by atoms with Crippen LogP contribution in [0, 0.1) is 0 Å². The number of carbonyl (C=O) groups is 1. The number of halogens is 3. The molecule has 1 N–H and O–H groups in total. The second kappa shape index (κ2) is 6.66. The Morgan fingerprint density at radius 3 is 2.48 bits per heavy atom. The van der Waals surface area contributed by atoms with Crippen LogP contribution in [0.2, 0.25) is 0 Å². The highest BCUT2D eigenvalue weighted by Crippen LogP contribution is 2.47. The summed E-state index contributed by atoms with van der Waals surface area (Å²) in [6, 6.07) is 6.67. The number of aromatic nitrogens is 5. The Labute approximate surface area is 176 Å². The van der Waals surface area contributed by atoms with Crippen LogP contribution in [0.15, 0.2) is 30.5 Å². The molecule has 2 aliphatic rings. The average Bonchev–Trinajstić information content (AvgIpc) is 3.62. The van der Waals surface area contributed by atoms with Crippen molar-refractivity contribution in [3.05, 3.63) is 53.2 Å². The third kappa shape index (κ3) is 3.60. The first kappa shape index (κ1) is 19.8. The highest BCUT2D eigenvalue weighted by Gasteiger charge is 2.49. The van der Waals surface area contributed by atoms with Gasteiger partial charge in [-0.1, -0.05) is 0 Å². The average molecular weight is 430 g/mol. The monoisotopic (exact) mass is 430 g/mol. The number of pyridine rings is 1. The van der Waals surface area contributed by atoms with Crippen molar-refractivity contribution in [3.8, 4) is 11.3 Å². The normalized spacial score (nSPS) is 17.6. The first-order valence-corrected chi connectivity index (χ1v) is 10.1. The predicted molar refractivity (Wildman–Crippen MR) is 105 cm³/mol. The molecule has 2 fully saturated rings. The summed E-state index contributed by atoms with van der Waals surface area (Å²) in [7, 11) is 3.13. The van der Waals surface area contributed by atoms with Crippen molar-refractivity contribution in [2.45, 2.75) is 43.3 Å². The van der Waals surface area contributed by atoms with Crippen LogP contribution in [-0.2, 0) is 25.8 Å². The van der Waals surface area contributed by atoms with E-state index in [1.807, 2.05) is 12.1 Å². The van der Waals surface area contributed by atoms with Crippen LogP contribution < -0.4 is 5.32 Å². The number of nitrogens with one attached hydrogen (secondary N) is 1. The standard InChI is InChI=1S/C21H21F3N6O/c1-29-16(11-17(28-29)21(22,23)24)19(31)26-20(6-7-20)18-10-15(27-30(18)2)13-5-8-25-14(9-13)12-3-4-12/h5,8-12H,3-4,6-7H2,1-2H3,(H,26,31). The maximum absolute atomic E-state index is 12.9. The van der Waals surface area contributed by atoms with Gasteiger partial charge in [-0.3, -0.25) is 19.1 Å². The topological polar surface area (TPSA) is 77.6 Å². The van der Waals surface area contributed by atoms with Crippen molar-refractivity contribution in [1.82, 2.24) is 29.9 Å². The fourth-order valence-corrected chi connectivity index (χ4v) is 3.94. The molecule has 0 unspecified atom stereocenters. The maximum Gasteiger partial charge on any atom is 0.435 e. The maximum atomic E-state index is 12.9. The van der Waals surface area contributed by atoms with Crippen LogP contribution in [0.1, 0.15) is 59.2 Å². The minimum atomic E-state index is -4.60. The van der Waals surface area contributed by atoms with Gasteiger partial charge >= 0.3 is 6.18 Å². The highest BCUT2D eigenvalue weighted by molar-refractivity contribution is 5.93. The largest absolute Gasteiger partial charge is 0.435 e. The second-order valence-electron chi connectivity index (χ2n) is 8.35. The lowest BCUT2D eigenvalue weighted by Gasteiger charge is -2.17. The van der Waals surface area contributed by atoms with E-state index in [-0.39, 0.29) is 5.69 Å². The van der Waals surface area contributed by atoms with Crippen molar-refractivity contribution in [2.75, 3.05) is 0 Å². The van der Waals surface area contributed by atoms with E-state index in [1.165, 1.54) is 7.05 Å². The summed E-state index contributed by atoms with van der Waals surface area (Å²) in [4.78, 5) is 17.2. The molecular weight excluding hydrogens is 409 g/mol. The Morgan fingerprint density at radius 2 is 1.87 bits per heavy atom. The molecule has 3 aromatic rings. The molecule has 10 heteroatoms. The van der Waals surface area contributed by atoms with E-state index in [0.29, 0.717) is 18.8 Å². The number of hydrogen-bond donors (Lipinski definition) is 1. The van der Waals surface area contributed by atoms with E-state index in [1.54, 1.807) is 17.9 Å². The lowest BCUT2D eigenvalue weighted by molar-refractivity contribution is -0.141. The number of carbonyl (C=O) groups excluding carboxylic acids is 1. The molecule has 7 nitrogen and oxygen atoms in total. The van der Waals surface area contributed by atoms with Crippen LogP contribution in [0.4, 0.5) is 13.2 Å². The van der Waals surface area contributed by atoms with Gasteiger partial charge in [-0.05, 0) is 43.9 Å². The molecule has 0 radical (unpaired) electrons. The van der Waals surface area contributed by atoms with Crippen LogP contribution in [0.3, 0.4) is 0 Å². The van der Waals surface area contributed by atoms with Gasteiger partial charge in [0.15, 0.2) is 5.69 Å². The Balaban J connectivity index is 1.40. The number of alkyl halides is 3. The van der Waals surface area contributed by atoms with E-state index >= 15 is 0 Å². The molecule has 0 spiro atoms. The van der Waals surface area contributed by atoms with Crippen LogP contribution in [-0.4, -0.2) is 30.5 Å². The van der Waals surface area contributed by atoms with Gasteiger partial charge in [-0.2, -0.15) is 23.4 Å².